The van der Waals surface area contributed by atoms with E-state index in [1.807, 2.05) is 43.0 Å². The predicted octanol–water partition coefficient (Wildman–Crippen LogP) is 5.22. The number of carbonyl (C=O) groups is 1. The van der Waals surface area contributed by atoms with Crippen molar-refractivity contribution in [3.63, 3.8) is 0 Å². The molecule has 6 heteroatoms. The maximum atomic E-state index is 12.3. The van der Waals surface area contributed by atoms with Crippen LogP contribution in [0.5, 0.6) is 11.5 Å². The van der Waals surface area contributed by atoms with E-state index in [9.17, 15) is 4.79 Å². The first-order valence-corrected chi connectivity index (χ1v) is 9.87. The second-order valence-corrected chi connectivity index (χ2v) is 7.85. The lowest BCUT2D eigenvalue weighted by Crippen LogP contribution is -2.28. The van der Waals surface area contributed by atoms with Gasteiger partial charge in [0.05, 0.1) is 14.2 Å². The third-order valence-corrected chi connectivity index (χ3v) is 5.48. The topological polar surface area (TPSA) is 59.6 Å². The number of benzene rings is 2. The van der Waals surface area contributed by atoms with E-state index in [0.717, 1.165) is 23.2 Å². The Bertz CT molecular complexity index is 758. The van der Waals surface area contributed by atoms with Gasteiger partial charge in [-0.15, -0.1) is 11.8 Å². The number of thioether (sulfide) groups is 1. The Balaban J connectivity index is 1.96. The summed E-state index contributed by atoms with van der Waals surface area (Å²) in [6, 6.07) is 11.4. The van der Waals surface area contributed by atoms with Crippen LogP contribution in [0.15, 0.2) is 41.3 Å². The number of hydrogen-bond acceptors (Lipinski definition) is 4. The Kier molecular flexibility index (Phi) is 7.85. The Labute approximate surface area is 165 Å². The quantitative estimate of drug-likeness (QED) is 0.608. The zero-order chi connectivity index (χ0) is 19.8. The Morgan fingerprint density at radius 3 is 2.33 bits per heavy atom. The highest BCUT2D eigenvalue weighted by Crippen LogP contribution is 2.28. The van der Waals surface area contributed by atoms with E-state index in [4.69, 9.17) is 9.47 Å². The number of rotatable bonds is 8. The molecule has 0 spiro atoms. The molecule has 0 aliphatic carbocycles. The SMILES string of the molecule is CCC(C)Sc1ccc(NC(=O)NCc2cc(OC)cc(OC)c2)c(C)c1. The molecule has 2 aromatic rings. The van der Waals surface area contributed by atoms with Gasteiger partial charge in [0, 0.05) is 28.4 Å². The minimum Gasteiger partial charge on any atom is -0.497 e. The Morgan fingerprint density at radius 2 is 1.78 bits per heavy atom. The van der Waals surface area contributed by atoms with Crippen LogP contribution in [0.3, 0.4) is 0 Å². The summed E-state index contributed by atoms with van der Waals surface area (Å²) in [6.45, 7) is 6.78. The maximum Gasteiger partial charge on any atom is 0.319 e. The van der Waals surface area contributed by atoms with Crippen molar-refractivity contribution in [2.45, 2.75) is 43.9 Å². The van der Waals surface area contributed by atoms with Gasteiger partial charge in [0.25, 0.3) is 0 Å². The van der Waals surface area contributed by atoms with Gasteiger partial charge in [-0.1, -0.05) is 13.8 Å². The van der Waals surface area contributed by atoms with Crippen molar-refractivity contribution in [3.05, 3.63) is 47.5 Å². The van der Waals surface area contributed by atoms with Crippen LogP contribution >= 0.6 is 11.8 Å². The fourth-order valence-electron chi connectivity index (χ4n) is 2.48. The van der Waals surface area contributed by atoms with Crippen molar-refractivity contribution < 1.29 is 14.3 Å². The molecule has 0 saturated heterocycles. The molecule has 0 aliphatic rings. The third-order valence-electron chi connectivity index (χ3n) is 4.22. The van der Waals surface area contributed by atoms with E-state index < -0.39 is 0 Å². The van der Waals surface area contributed by atoms with Crippen molar-refractivity contribution in [1.29, 1.82) is 0 Å². The predicted molar refractivity (Wildman–Crippen MR) is 112 cm³/mol. The maximum absolute atomic E-state index is 12.3. The van der Waals surface area contributed by atoms with Gasteiger partial charge in [0.15, 0.2) is 0 Å². The van der Waals surface area contributed by atoms with Gasteiger partial charge in [0.1, 0.15) is 11.5 Å². The molecule has 0 heterocycles. The lowest BCUT2D eigenvalue weighted by molar-refractivity contribution is 0.251. The van der Waals surface area contributed by atoms with Crippen LogP contribution < -0.4 is 20.1 Å². The van der Waals surface area contributed by atoms with Gasteiger partial charge in [0.2, 0.25) is 0 Å². The number of aryl methyl sites for hydroxylation is 1. The van der Waals surface area contributed by atoms with Crippen LogP contribution in [0, 0.1) is 6.92 Å². The van der Waals surface area contributed by atoms with Crippen molar-refractivity contribution in [2.75, 3.05) is 19.5 Å². The van der Waals surface area contributed by atoms with E-state index in [0.29, 0.717) is 23.3 Å². The summed E-state index contributed by atoms with van der Waals surface area (Å²) in [5.74, 6) is 1.38. The van der Waals surface area contributed by atoms with Gasteiger partial charge in [-0.2, -0.15) is 0 Å². The largest absolute Gasteiger partial charge is 0.497 e. The fourth-order valence-corrected chi connectivity index (χ4v) is 3.51. The zero-order valence-corrected chi connectivity index (χ0v) is 17.4. The molecule has 27 heavy (non-hydrogen) atoms. The van der Waals surface area contributed by atoms with Crippen LogP contribution in [0.25, 0.3) is 0 Å². The van der Waals surface area contributed by atoms with E-state index in [-0.39, 0.29) is 6.03 Å². The molecule has 0 saturated carbocycles. The molecule has 0 aliphatic heterocycles. The van der Waals surface area contributed by atoms with Gasteiger partial charge in [-0.25, -0.2) is 4.79 Å². The highest BCUT2D eigenvalue weighted by Gasteiger charge is 2.08. The second-order valence-electron chi connectivity index (χ2n) is 6.34. The summed E-state index contributed by atoms with van der Waals surface area (Å²) in [5.41, 5.74) is 2.75. The highest BCUT2D eigenvalue weighted by molar-refractivity contribution is 7.99. The molecule has 1 atom stereocenters. The molecule has 2 amide bonds. The van der Waals surface area contributed by atoms with Crippen molar-refractivity contribution in [3.8, 4) is 11.5 Å². The van der Waals surface area contributed by atoms with Crippen molar-refractivity contribution >= 4 is 23.5 Å². The summed E-state index contributed by atoms with van der Waals surface area (Å²) >= 11 is 1.85. The van der Waals surface area contributed by atoms with Gasteiger partial charge in [-0.3, -0.25) is 0 Å². The fraction of sp³-hybridized carbons (Fsp3) is 0.381. The van der Waals surface area contributed by atoms with Gasteiger partial charge in [-0.05, 0) is 54.8 Å². The Morgan fingerprint density at radius 1 is 1.11 bits per heavy atom. The number of amides is 2. The molecule has 5 nitrogen and oxygen atoms in total. The first-order valence-electron chi connectivity index (χ1n) is 8.99. The number of urea groups is 1. The molecule has 2 N–H and O–H groups in total. The number of methoxy groups -OCH3 is 2. The number of anilines is 1. The van der Waals surface area contributed by atoms with Crippen LogP contribution in [0.2, 0.25) is 0 Å². The lowest BCUT2D eigenvalue weighted by atomic mass is 10.2. The lowest BCUT2D eigenvalue weighted by Gasteiger charge is -2.13. The standard InChI is InChI=1S/C21H28N2O3S/c1-6-15(3)27-19-7-8-20(14(2)9-19)23-21(24)22-13-16-10-17(25-4)12-18(11-16)26-5/h7-12,15H,6,13H2,1-5H3,(H2,22,23,24). The van der Waals surface area contributed by atoms with Crippen molar-refractivity contribution in [2.24, 2.45) is 0 Å². The Hall–Kier alpha value is -2.34. The smallest absolute Gasteiger partial charge is 0.319 e. The first-order chi connectivity index (χ1) is 12.9. The normalized spacial score (nSPS) is 11.6. The minimum atomic E-state index is -0.248. The van der Waals surface area contributed by atoms with Crippen LogP contribution in [0.4, 0.5) is 10.5 Å². The average Bonchev–Trinajstić information content (AvgIpc) is 2.68. The molecule has 0 fully saturated rings. The molecule has 0 radical (unpaired) electrons. The molecule has 0 aromatic heterocycles. The second kappa shape index (κ2) is 10.1. The number of hydrogen-bond donors (Lipinski definition) is 2. The van der Waals surface area contributed by atoms with Gasteiger partial charge >= 0.3 is 6.03 Å². The van der Waals surface area contributed by atoms with E-state index >= 15 is 0 Å². The molecular formula is C21H28N2O3S. The summed E-state index contributed by atoms with van der Waals surface area (Å²) in [4.78, 5) is 13.5. The number of nitrogens with one attached hydrogen (secondary N) is 2. The minimum absolute atomic E-state index is 0.248. The average molecular weight is 389 g/mol. The third kappa shape index (κ3) is 6.40. The summed E-state index contributed by atoms with van der Waals surface area (Å²) in [7, 11) is 3.20. The molecule has 0 bridgehead atoms. The monoisotopic (exact) mass is 388 g/mol. The van der Waals surface area contributed by atoms with E-state index in [1.165, 1.54) is 4.90 Å². The molecular weight excluding hydrogens is 360 g/mol. The molecule has 2 aromatic carbocycles. The summed E-state index contributed by atoms with van der Waals surface area (Å²) in [6.07, 6.45) is 1.13. The number of ether oxygens (including phenoxy) is 2. The molecule has 146 valence electrons. The van der Waals surface area contributed by atoms with Crippen LogP contribution in [-0.2, 0) is 6.54 Å². The summed E-state index contributed by atoms with van der Waals surface area (Å²) < 4.78 is 10.5. The first kappa shape index (κ1) is 21.0. The van der Waals surface area contributed by atoms with E-state index in [1.54, 1.807) is 20.3 Å². The van der Waals surface area contributed by atoms with E-state index in [2.05, 4.69) is 30.5 Å². The molecule has 2 rings (SSSR count). The molecule has 1 unspecified atom stereocenters. The van der Waals surface area contributed by atoms with Crippen molar-refractivity contribution in [1.82, 2.24) is 5.32 Å². The van der Waals surface area contributed by atoms with Crippen LogP contribution in [-0.4, -0.2) is 25.5 Å². The number of carbonyl (C=O) groups excluding carboxylic acids is 1. The zero-order valence-electron chi connectivity index (χ0n) is 16.6. The highest BCUT2D eigenvalue weighted by atomic mass is 32.2. The van der Waals surface area contributed by atoms with Gasteiger partial charge < -0.3 is 20.1 Å². The summed E-state index contributed by atoms with van der Waals surface area (Å²) in [5, 5.41) is 6.35. The van der Waals surface area contributed by atoms with Crippen LogP contribution in [0.1, 0.15) is 31.4 Å².